The number of ether oxygens (including phenoxy) is 1. The van der Waals surface area contributed by atoms with Crippen molar-refractivity contribution in [3.05, 3.63) is 26.8 Å². The number of carbonyl (C=O) groups is 2. The molecule has 0 radical (unpaired) electrons. The predicted molar refractivity (Wildman–Crippen MR) is 94.9 cm³/mol. The number of hydrogen-bond acceptors (Lipinski definition) is 5. The summed E-state index contributed by atoms with van der Waals surface area (Å²) in [4.78, 5) is 23.4. The number of amides is 1. The number of alkyl halides is 6. The third-order valence-electron chi connectivity index (χ3n) is 3.41. The summed E-state index contributed by atoms with van der Waals surface area (Å²) in [5, 5.41) is 2.22. The molecule has 0 aliphatic carbocycles. The molecule has 0 atom stereocenters. The van der Waals surface area contributed by atoms with E-state index in [0.717, 1.165) is 13.0 Å². The number of esters is 1. The van der Waals surface area contributed by atoms with E-state index in [1.807, 2.05) is 0 Å². The summed E-state index contributed by atoms with van der Waals surface area (Å²) in [6.07, 6.45) is -12.9. The average Bonchev–Trinajstić information content (AvgIpc) is 2.45. The van der Waals surface area contributed by atoms with Crippen molar-refractivity contribution in [3.8, 4) is 0 Å². The summed E-state index contributed by atoms with van der Waals surface area (Å²) in [5.74, 6) is -5.79. The van der Waals surface area contributed by atoms with E-state index in [1.165, 1.54) is 13.0 Å². The number of benzene rings is 1. The Kier molecular flexibility index (Phi) is 7.23. The summed E-state index contributed by atoms with van der Waals surface area (Å²) in [6.45, 7) is 2.24. The Morgan fingerprint density at radius 2 is 1.62 bits per heavy atom. The molecule has 164 valence electrons. The van der Waals surface area contributed by atoms with Crippen LogP contribution in [0.2, 0.25) is 0 Å². The number of carbonyl (C=O) groups excluding carboxylic acids is 2. The van der Waals surface area contributed by atoms with Gasteiger partial charge in [-0.05, 0) is 47.2 Å². The molecule has 29 heavy (non-hydrogen) atoms. The Hall–Kier alpha value is -1.62. The lowest BCUT2D eigenvalue weighted by atomic mass is 10.0. The quantitative estimate of drug-likeness (QED) is 0.246. The van der Waals surface area contributed by atoms with Gasteiger partial charge in [0.2, 0.25) is 5.91 Å². The van der Waals surface area contributed by atoms with E-state index < -0.39 is 51.3 Å². The molecule has 1 rings (SSSR count). The summed E-state index contributed by atoms with van der Waals surface area (Å²) >= 11 is 1.69. The number of rotatable bonds is 5. The van der Waals surface area contributed by atoms with Crippen molar-refractivity contribution in [1.82, 2.24) is 0 Å². The Labute approximate surface area is 173 Å². The Morgan fingerprint density at radius 3 is 2.00 bits per heavy atom. The molecule has 0 heterocycles. The zero-order chi connectivity index (χ0) is 23.0. The maximum Gasteiger partial charge on any atom is 0.438 e. The minimum Gasteiger partial charge on any atom is -0.435 e. The monoisotopic (exact) mass is 563 g/mol. The molecule has 0 saturated heterocycles. The molecule has 0 aliphatic heterocycles. The van der Waals surface area contributed by atoms with Crippen LogP contribution in [0.25, 0.3) is 0 Å². The van der Waals surface area contributed by atoms with E-state index in [4.69, 9.17) is 4.55 Å². The maximum atomic E-state index is 13.3. The summed E-state index contributed by atoms with van der Waals surface area (Å²) < 4.78 is 114. The molecule has 15 heteroatoms. The fraction of sp³-hybridized carbons (Fsp3) is 0.429. The van der Waals surface area contributed by atoms with Gasteiger partial charge in [-0.3, -0.25) is 9.35 Å². The molecule has 1 aromatic carbocycles. The summed E-state index contributed by atoms with van der Waals surface area (Å²) in [5.41, 5.74) is -6.52. The van der Waals surface area contributed by atoms with E-state index in [1.54, 1.807) is 22.6 Å². The van der Waals surface area contributed by atoms with Gasteiger partial charge in [-0.15, -0.1) is 0 Å². The molecule has 1 amide bonds. The van der Waals surface area contributed by atoms with Crippen molar-refractivity contribution in [2.75, 3.05) is 11.1 Å². The van der Waals surface area contributed by atoms with Crippen LogP contribution in [-0.2, 0) is 19.6 Å². The van der Waals surface area contributed by atoms with E-state index in [9.17, 15) is 44.3 Å². The van der Waals surface area contributed by atoms with Crippen molar-refractivity contribution in [3.63, 3.8) is 0 Å². The Morgan fingerprint density at radius 1 is 1.14 bits per heavy atom. The van der Waals surface area contributed by atoms with E-state index >= 15 is 0 Å². The molecule has 1 aromatic rings. The van der Waals surface area contributed by atoms with Crippen LogP contribution in [0.1, 0.15) is 22.8 Å². The lowest BCUT2D eigenvalue weighted by molar-refractivity contribution is -0.356. The molecule has 0 spiro atoms. The largest absolute Gasteiger partial charge is 0.438 e. The number of anilines is 1. The maximum absolute atomic E-state index is 13.3. The first kappa shape index (κ1) is 25.4. The topological polar surface area (TPSA) is 110 Å². The second-order valence-electron chi connectivity index (χ2n) is 5.77. The minimum absolute atomic E-state index is 0.102. The van der Waals surface area contributed by atoms with Crippen LogP contribution < -0.4 is 5.32 Å². The second kappa shape index (κ2) is 8.25. The zero-order valence-corrected chi connectivity index (χ0v) is 17.4. The first-order chi connectivity index (χ1) is 12.8. The van der Waals surface area contributed by atoms with Crippen molar-refractivity contribution in [1.29, 1.82) is 0 Å². The number of halogens is 7. The van der Waals surface area contributed by atoms with E-state index in [-0.39, 0.29) is 11.3 Å². The van der Waals surface area contributed by atoms with Gasteiger partial charge in [0.05, 0.1) is 11.3 Å². The molecule has 0 aliphatic rings. The highest BCUT2D eigenvalue weighted by Crippen LogP contribution is 2.47. The molecule has 7 nitrogen and oxygen atoms in total. The smallest absolute Gasteiger partial charge is 0.435 e. The summed E-state index contributed by atoms with van der Waals surface area (Å²) in [7, 11) is -5.89. The normalized spacial score (nSPS) is 13.2. The highest BCUT2D eigenvalue weighted by Gasteiger charge is 2.76. The van der Waals surface area contributed by atoms with E-state index in [2.05, 4.69) is 10.1 Å². The van der Waals surface area contributed by atoms with Crippen molar-refractivity contribution in [2.45, 2.75) is 31.8 Å². The summed E-state index contributed by atoms with van der Waals surface area (Å²) in [6, 6.07) is 1.96. The van der Waals surface area contributed by atoms with Crippen LogP contribution in [0, 0.1) is 10.5 Å². The van der Waals surface area contributed by atoms with Gasteiger partial charge in [-0.25, -0.2) is 4.79 Å². The minimum atomic E-state index is -6.44. The van der Waals surface area contributed by atoms with Gasteiger partial charge in [0, 0.05) is 10.5 Å². The van der Waals surface area contributed by atoms with Gasteiger partial charge in [-0.2, -0.15) is 34.8 Å². The predicted octanol–water partition coefficient (Wildman–Crippen LogP) is 3.47. The number of hydrogen-bond donors (Lipinski definition) is 2. The van der Waals surface area contributed by atoms with Crippen LogP contribution in [0.4, 0.5) is 32.0 Å². The molecule has 0 aromatic heterocycles. The highest BCUT2D eigenvalue weighted by molar-refractivity contribution is 14.1. The van der Waals surface area contributed by atoms with Crippen molar-refractivity contribution >= 4 is 50.3 Å². The van der Waals surface area contributed by atoms with Gasteiger partial charge < -0.3 is 10.1 Å². The van der Waals surface area contributed by atoms with Crippen LogP contribution >= 0.6 is 22.6 Å². The van der Waals surface area contributed by atoms with Gasteiger partial charge in [0.25, 0.3) is 10.1 Å². The van der Waals surface area contributed by atoms with Crippen LogP contribution in [0.3, 0.4) is 0 Å². The average molecular weight is 563 g/mol. The van der Waals surface area contributed by atoms with Crippen molar-refractivity contribution < 1.29 is 53.6 Å². The van der Waals surface area contributed by atoms with Gasteiger partial charge in [0.1, 0.15) is 5.75 Å². The molecule has 0 unspecified atom stereocenters. The number of aryl methyl sites for hydroxylation is 1. The van der Waals surface area contributed by atoms with Crippen LogP contribution in [-0.4, -0.2) is 48.6 Å². The fourth-order valence-electron chi connectivity index (χ4n) is 2.12. The molecule has 0 fully saturated rings. The van der Waals surface area contributed by atoms with Gasteiger partial charge in [-0.1, -0.05) is 0 Å². The third kappa shape index (κ3) is 5.94. The Bertz CT molecular complexity index is 914. The van der Waals surface area contributed by atoms with Gasteiger partial charge in [0.15, 0.2) is 0 Å². The highest BCUT2D eigenvalue weighted by atomic mass is 127. The second-order valence-corrected chi connectivity index (χ2v) is 8.38. The zero-order valence-electron chi connectivity index (χ0n) is 14.4. The fourth-order valence-corrected chi connectivity index (χ4v) is 3.78. The standard InChI is InChI=1S/C14H12F6INO6S/c1-6-3-9(21)10(22-7(2)23)4-8(6)11(24)28-12(13(15,16)17,14(18,19)20)5-29(25,26)27/h3-4H,5H2,1-2H3,(H,22,23)(H,25,26,27). The lowest BCUT2D eigenvalue weighted by Gasteiger charge is -2.35. The van der Waals surface area contributed by atoms with E-state index in [0.29, 0.717) is 3.57 Å². The molecule has 0 saturated carbocycles. The van der Waals surface area contributed by atoms with Crippen LogP contribution in [0.5, 0.6) is 0 Å². The SMILES string of the molecule is CC(=O)Nc1cc(C(=O)OC(CS(=O)(=O)O)(C(F)(F)F)C(F)(F)F)c(C)cc1I. The van der Waals surface area contributed by atoms with Crippen LogP contribution in [0.15, 0.2) is 12.1 Å². The third-order valence-corrected chi connectivity index (χ3v) is 5.08. The molecule has 2 N–H and O–H groups in total. The molecular weight excluding hydrogens is 551 g/mol. The molecule has 0 bridgehead atoms. The molecular formula is C14H12F6INO6S. The first-order valence-corrected chi connectivity index (χ1v) is 9.89. The van der Waals surface area contributed by atoms with Crippen molar-refractivity contribution in [2.24, 2.45) is 0 Å². The van der Waals surface area contributed by atoms with Gasteiger partial charge >= 0.3 is 23.9 Å². The lowest BCUT2D eigenvalue weighted by Crippen LogP contribution is -2.63. The number of nitrogens with one attached hydrogen (secondary N) is 1. The first-order valence-electron chi connectivity index (χ1n) is 7.20. The Balaban J connectivity index is 3.59.